The van der Waals surface area contributed by atoms with Crippen LogP contribution in [-0.4, -0.2) is 16.0 Å². The topological polar surface area (TPSA) is 123 Å². The third kappa shape index (κ3) is 32.9. The van der Waals surface area contributed by atoms with E-state index in [-0.39, 0.29) is 5.48 Å². The second kappa shape index (κ2) is 587. The molecule has 40 valence electrons. The number of rotatable bonds is 0. The van der Waals surface area contributed by atoms with E-state index in [4.69, 9.17) is 20.7 Å². The van der Waals surface area contributed by atoms with Gasteiger partial charge in [-0.1, -0.05) is 10.2 Å². The van der Waals surface area contributed by atoms with Gasteiger partial charge in [0.05, 0.1) is 0 Å². The first kappa shape index (κ1) is 18.6. The number of hydrogen-bond donors (Lipinski definition) is 2. The van der Waals surface area contributed by atoms with Gasteiger partial charge in [-0.25, -0.2) is 0 Å². The molecule has 0 saturated heterocycles. The third-order valence-corrected chi connectivity index (χ3v) is 0. The van der Waals surface area contributed by atoms with Crippen LogP contribution in [0.5, 0.6) is 0 Å². The molecule has 6 heteroatoms. The van der Waals surface area contributed by atoms with Crippen molar-refractivity contribution in [1.82, 2.24) is 0 Å². The Bertz CT molecular complexity index is 7.51. The molecule has 0 amide bonds. The van der Waals surface area contributed by atoms with Crippen molar-refractivity contribution in [3.63, 3.8) is 0 Å². The molecule has 0 aromatic carbocycles. The van der Waals surface area contributed by atoms with Gasteiger partial charge in [-0.3, -0.25) is 10.5 Å². The fourth-order valence-corrected chi connectivity index (χ4v) is 0. The van der Waals surface area contributed by atoms with Crippen molar-refractivity contribution in [2.24, 2.45) is 0 Å². The van der Waals surface area contributed by atoms with Gasteiger partial charge in [0.1, 0.15) is 0 Å². The van der Waals surface area contributed by atoms with Crippen LogP contribution >= 0.6 is 0 Å². The molecule has 0 aliphatic heterocycles. The van der Waals surface area contributed by atoms with Gasteiger partial charge in [0, 0.05) is 0 Å². The van der Waals surface area contributed by atoms with Crippen molar-refractivity contribution >= 4 is 0 Å². The van der Waals surface area contributed by atoms with E-state index in [1.54, 1.807) is 4.75 Å². The van der Waals surface area contributed by atoms with Gasteiger partial charge in [-0.2, -0.15) is 0 Å². The highest BCUT2D eigenvalue weighted by atomic mass is 17.2. The van der Waals surface area contributed by atoms with Crippen LogP contribution in [-0.2, 0) is 0 Å². The van der Waals surface area contributed by atoms with Crippen LogP contribution in [0.15, 0.2) is 0 Å². The van der Waals surface area contributed by atoms with E-state index in [1.165, 1.54) is 0 Å². The molecule has 0 saturated carbocycles. The van der Waals surface area contributed by atoms with Crippen LogP contribution < -0.4 is 5.26 Å². The van der Waals surface area contributed by atoms with Crippen LogP contribution in [0.3, 0.4) is 0 Å². The van der Waals surface area contributed by atoms with Crippen LogP contribution in [0.25, 0.3) is 0 Å². The van der Waals surface area contributed by atoms with Crippen LogP contribution in [0.1, 0.15) is 0 Å². The van der Waals surface area contributed by atoms with E-state index in [9.17, 15) is 0 Å². The second-order valence-corrected chi connectivity index (χ2v) is 0.0680. The SMILES string of the molecule is O.O=[O+][O-].OO. The monoisotopic (exact) mass is 100 g/mol. The Morgan fingerprint density at radius 2 is 1.50 bits per heavy atom. The van der Waals surface area contributed by atoms with Crippen molar-refractivity contribution in [3.05, 3.63) is 9.71 Å². The summed E-state index contributed by atoms with van der Waals surface area (Å²) in [5.74, 6) is 0. The Kier molecular flexibility index (Phi) is 1820. The Morgan fingerprint density at radius 3 is 1.50 bits per heavy atom. The molecule has 0 aromatic rings. The summed E-state index contributed by atoms with van der Waals surface area (Å²) in [6, 6.07) is 0. The summed E-state index contributed by atoms with van der Waals surface area (Å²) < 4.78 is 1.75. The standard InChI is InChI=1S/O3.H2O2.H2O/c1-3-2;1-2;/h;1-2H;1H2. The first-order valence-electron chi connectivity index (χ1n) is 0.533. The smallest absolute Gasteiger partial charge is 0.154 e. The molecule has 6 heavy (non-hydrogen) atoms. The molecule has 0 heterocycles. The molecular formula is H4O6. The Morgan fingerprint density at radius 1 is 1.50 bits per heavy atom. The lowest BCUT2D eigenvalue weighted by Gasteiger charge is -1.25. The largest absolute Gasteiger partial charge is 0.412 e. The summed E-state index contributed by atoms with van der Waals surface area (Å²) in [5, 5.41) is 19.9. The van der Waals surface area contributed by atoms with E-state index in [0.717, 1.165) is 0 Å². The third-order valence-electron chi connectivity index (χ3n) is 0. The summed E-state index contributed by atoms with van der Waals surface area (Å²) >= 11 is 0. The predicted molar refractivity (Wildman–Crippen MR) is 15.6 cm³/mol. The zero-order chi connectivity index (χ0) is 4.71. The maximum absolute atomic E-state index is 7.88. The predicted octanol–water partition coefficient (Wildman–Crippen LogP) is -1.93. The molecular weight excluding hydrogens is 96.0 g/mol. The van der Waals surface area contributed by atoms with E-state index in [1.807, 2.05) is 0 Å². The molecule has 0 rings (SSSR count). The first-order chi connectivity index (χ1) is 2.41. The van der Waals surface area contributed by atoms with Crippen LogP contribution in [0.2, 0.25) is 0 Å². The van der Waals surface area contributed by atoms with Gasteiger partial charge in [0.25, 0.3) is 0 Å². The molecule has 0 unspecified atom stereocenters. The minimum absolute atomic E-state index is 0. The van der Waals surface area contributed by atoms with Crippen LogP contribution in [0.4, 0.5) is 0 Å². The lowest BCUT2D eigenvalue weighted by atomic mass is 14.8. The van der Waals surface area contributed by atoms with Crippen LogP contribution in [0, 0.1) is 9.71 Å². The fraction of sp³-hybridized carbons (Fsp3) is 0. The highest BCUT2D eigenvalue weighted by Gasteiger charge is 1.27. The normalized spacial score (nSPS) is 3.00. The van der Waals surface area contributed by atoms with Gasteiger partial charge in [-0.15, -0.1) is 0 Å². The molecule has 4 N–H and O–H groups in total. The molecule has 0 aliphatic rings. The molecule has 6 nitrogen and oxygen atoms in total. The molecule has 0 spiro atoms. The Hall–Kier alpha value is -0.720. The Labute approximate surface area is 32.4 Å². The summed E-state index contributed by atoms with van der Waals surface area (Å²) in [7, 11) is 0. The summed E-state index contributed by atoms with van der Waals surface area (Å²) in [5.41, 5.74) is 0. The molecule has 0 bridgehead atoms. The lowest BCUT2D eigenvalue weighted by molar-refractivity contribution is -0.284. The summed E-state index contributed by atoms with van der Waals surface area (Å²) in [6.45, 7) is 0. The highest BCUT2D eigenvalue weighted by molar-refractivity contribution is 4.20. The maximum atomic E-state index is 7.88. The second-order valence-electron chi connectivity index (χ2n) is 0.0680. The lowest BCUT2D eigenvalue weighted by Crippen LogP contribution is -1.82. The van der Waals surface area contributed by atoms with Crippen molar-refractivity contribution in [2.45, 2.75) is 0 Å². The van der Waals surface area contributed by atoms with Gasteiger partial charge < -0.3 is 5.48 Å². The molecule has 0 atom stereocenters. The molecule has 0 fully saturated rings. The minimum Gasteiger partial charge on any atom is -0.412 e. The molecule has 0 aliphatic carbocycles. The van der Waals surface area contributed by atoms with E-state index >= 15 is 0 Å². The van der Waals surface area contributed by atoms with Gasteiger partial charge in [-0.05, 0) is 0 Å². The first-order valence-corrected chi connectivity index (χ1v) is 0.533. The molecule has 0 radical (unpaired) electrons. The van der Waals surface area contributed by atoms with E-state index in [2.05, 4.69) is 0 Å². The Balaban J connectivity index is -0.0000000275. The van der Waals surface area contributed by atoms with E-state index < -0.39 is 0 Å². The summed E-state index contributed by atoms with van der Waals surface area (Å²) in [4.78, 5) is 7.88. The van der Waals surface area contributed by atoms with Gasteiger partial charge in [0.15, 0.2) is 4.75 Å². The van der Waals surface area contributed by atoms with Crippen molar-refractivity contribution in [3.8, 4) is 0 Å². The number of hydrogen-bond acceptors (Lipinski definition) is 4. The highest BCUT2D eigenvalue weighted by Crippen LogP contribution is 1.00. The average Bonchev–Trinajstić information content (AvgIpc) is 1.46. The maximum Gasteiger partial charge on any atom is 0.154 e. The quantitative estimate of drug-likeness (QED) is 0.209. The zero-order valence-electron chi connectivity index (χ0n) is 2.62. The fourth-order valence-electron chi connectivity index (χ4n) is 0. The zero-order valence-corrected chi connectivity index (χ0v) is 2.62. The van der Waals surface area contributed by atoms with Crippen molar-refractivity contribution in [2.75, 3.05) is 0 Å². The van der Waals surface area contributed by atoms with Gasteiger partial charge >= 0.3 is 0 Å². The van der Waals surface area contributed by atoms with Crippen molar-refractivity contribution in [1.29, 1.82) is 0 Å². The minimum atomic E-state index is 0. The van der Waals surface area contributed by atoms with Crippen molar-refractivity contribution < 1.29 is 21.2 Å². The molecule has 0 aromatic heterocycles. The average molecular weight is 100 g/mol. The van der Waals surface area contributed by atoms with E-state index in [0.29, 0.717) is 0 Å². The summed E-state index contributed by atoms with van der Waals surface area (Å²) in [6.07, 6.45) is 0. The van der Waals surface area contributed by atoms with Gasteiger partial charge in [0.2, 0.25) is 0 Å².